The van der Waals surface area contributed by atoms with Crippen LogP contribution in [-0.2, 0) is 6.54 Å². The maximum Gasteiger partial charge on any atom is 0.257 e. The molecule has 140 valence electrons. The van der Waals surface area contributed by atoms with Crippen LogP contribution in [-0.4, -0.2) is 58.1 Å². The van der Waals surface area contributed by atoms with Crippen LogP contribution < -0.4 is 4.74 Å². The number of benzene rings is 1. The molecule has 6 nitrogen and oxygen atoms in total. The van der Waals surface area contributed by atoms with Gasteiger partial charge in [0.1, 0.15) is 5.75 Å². The Labute approximate surface area is 159 Å². The second-order valence-corrected chi connectivity index (χ2v) is 6.70. The maximum atomic E-state index is 12.9. The molecule has 1 aromatic carbocycles. The second-order valence-electron chi connectivity index (χ2n) is 6.70. The molecule has 4 rings (SSSR count). The number of carbonyl (C=O) groups is 1. The lowest BCUT2D eigenvalue weighted by Gasteiger charge is -2.34. The van der Waals surface area contributed by atoms with Gasteiger partial charge in [0.05, 0.1) is 23.4 Å². The lowest BCUT2D eigenvalue weighted by Crippen LogP contribution is -2.48. The fourth-order valence-electron chi connectivity index (χ4n) is 3.50. The summed E-state index contributed by atoms with van der Waals surface area (Å²) >= 11 is 0. The van der Waals surface area contributed by atoms with Gasteiger partial charge in [0.25, 0.3) is 5.91 Å². The van der Waals surface area contributed by atoms with Gasteiger partial charge in [0.15, 0.2) is 0 Å². The van der Waals surface area contributed by atoms with E-state index in [-0.39, 0.29) is 5.91 Å². The Morgan fingerprint density at radius 2 is 1.85 bits per heavy atom. The van der Waals surface area contributed by atoms with Crippen molar-refractivity contribution in [1.82, 2.24) is 19.4 Å². The monoisotopic (exact) mass is 364 g/mol. The summed E-state index contributed by atoms with van der Waals surface area (Å²) < 4.78 is 7.51. The smallest absolute Gasteiger partial charge is 0.257 e. The van der Waals surface area contributed by atoms with Gasteiger partial charge in [-0.15, -0.1) is 0 Å². The summed E-state index contributed by atoms with van der Waals surface area (Å²) in [6, 6.07) is 15.7. The van der Waals surface area contributed by atoms with Gasteiger partial charge in [0.2, 0.25) is 0 Å². The summed E-state index contributed by atoms with van der Waals surface area (Å²) in [5.74, 6) is 0.712. The quantitative estimate of drug-likeness (QED) is 0.698. The maximum absolute atomic E-state index is 12.9. The van der Waals surface area contributed by atoms with Gasteiger partial charge in [0, 0.05) is 38.9 Å². The van der Waals surface area contributed by atoms with Gasteiger partial charge in [-0.1, -0.05) is 18.2 Å². The Bertz CT molecular complexity index is 896. The van der Waals surface area contributed by atoms with Gasteiger partial charge in [-0.2, -0.15) is 5.10 Å². The molecule has 0 unspecified atom stereocenters. The van der Waals surface area contributed by atoms with Crippen LogP contribution in [0.2, 0.25) is 0 Å². The Hall–Kier alpha value is -2.86. The van der Waals surface area contributed by atoms with Crippen LogP contribution in [0.5, 0.6) is 5.75 Å². The van der Waals surface area contributed by atoms with E-state index in [1.54, 1.807) is 0 Å². The number of carbonyl (C=O) groups excluding carboxylic acids is 1. The Kier molecular flexibility index (Phi) is 5.07. The highest BCUT2D eigenvalue weighted by Crippen LogP contribution is 2.21. The summed E-state index contributed by atoms with van der Waals surface area (Å²) in [5.41, 5.74) is 2.81. The fourth-order valence-corrected chi connectivity index (χ4v) is 3.50. The number of nitrogens with zero attached hydrogens (tertiary/aromatic N) is 4. The topological polar surface area (TPSA) is 50.1 Å². The van der Waals surface area contributed by atoms with Crippen LogP contribution >= 0.6 is 0 Å². The van der Waals surface area contributed by atoms with Crippen LogP contribution in [0.3, 0.4) is 0 Å². The minimum absolute atomic E-state index is 0.0476. The molecule has 0 bridgehead atoms. The molecule has 1 saturated heterocycles. The number of para-hydroxylation sites is 1. The molecule has 3 heterocycles. The minimum Gasteiger partial charge on any atom is -0.493 e. The van der Waals surface area contributed by atoms with Crippen LogP contribution in [0.4, 0.5) is 0 Å². The third-order valence-electron chi connectivity index (χ3n) is 4.88. The molecule has 6 heteroatoms. The molecular formula is C21H24N4O2. The van der Waals surface area contributed by atoms with Crippen molar-refractivity contribution in [2.24, 2.45) is 0 Å². The van der Waals surface area contributed by atoms with Crippen molar-refractivity contribution in [1.29, 1.82) is 0 Å². The minimum atomic E-state index is 0.0476. The first-order valence-electron chi connectivity index (χ1n) is 9.41. The number of piperazine rings is 1. The average molecular weight is 364 g/mol. The van der Waals surface area contributed by atoms with E-state index >= 15 is 0 Å². The highest BCUT2D eigenvalue weighted by Gasteiger charge is 2.24. The molecule has 27 heavy (non-hydrogen) atoms. The number of amides is 1. The van der Waals surface area contributed by atoms with Gasteiger partial charge in [-0.05, 0) is 37.3 Å². The molecule has 0 aliphatic carbocycles. The van der Waals surface area contributed by atoms with E-state index < -0.39 is 0 Å². The molecule has 0 saturated carbocycles. The standard InChI is InChI=1S/C21H24N4O2/c1-2-27-20-9-4-3-8-19(20)21(26)24-13-11-23(12-14-24)16-17-15-18-7-5-6-10-25(18)22-17/h3-10,15H,2,11-14,16H2,1H3. The summed E-state index contributed by atoms with van der Waals surface area (Å²) in [6.07, 6.45) is 1.96. The lowest BCUT2D eigenvalue weighted by molar-refractivity contribution is 0.0623. The van der Waals surface area contributed by atoms with Gasteiger partial charge in [-0.3, -0.25) is 9.69 Å². The zero-order valence-electron chi connectivity index (χ0n) is 15.5. The first-order valence-corrected chi connectivity index (χ1v) is 9.41. The molecule has 2 aromatic heterocycles. The third kappa shape index (κ3) is 3.80. The van der Waals surface area contributed by atoms with Crippen LogP contribution in [0.25, 0.3) is 5.52 Å². The Morgan fingerprint density at radius 1 is 1.07 bits per heavy atom. The summed E-state index contributed by atoms with van der Waals surface area (Å²) in [7, 11) is 0. The average Bonchev–Trinajstić information content (AvgIpc) is 3.11. The van der Waals surface area contributed by atoms with E-state index in [2.05, 4.69) is 22.1 Å². The highest BCUT2D eigenvalue weighted by atomic mass is 16.5. The number of rotatable bonds is 5. The van der Waals surface area contributed by atoms with Crippen molar-refractivity contribution >= 4 is 11.4 Å². The van der Waals surface area contributed by atoms with Gasteiger partial charge >= 0.3 is 0 Å². The predicted molar refractivity (Wildman–Crippen MR) is 104 cm³/mol. The molecule has 3 aromatic rings. The number of aromatic nitrogens is 2. The van der Waals surface area contributed by atoms with E-state index in [0.29, 0.717) is 31.0 Å². The molecule has 0 spiro atoms. The fraction of sp³-hybridized carbons (Fsp3) is 0.333. The van der Waals surface area contributed by atoms with Crippen molar-refractivity contribution in [3.63, 3.8) is 0 Å². The van der Waals surface area contributed by atoms with Crippen molar-refractivity contribution in [2.75, 3.05) is 32.8 Å². The third-order valence-corrected chi connectivity index (χ3v) is 4.88. The normalized spacial score (nSPS) is 15.2. The molecule has 1 fully saturated rings. The number of ether oxygens (including phenoxy) is 1. The van der Waals surface area contributed by atoms with Gasteiger partial charge < -0.3 is 9.64 Å². The molecule has 1 aliphatic heterocycles. The van der Waals surface area contributed by atoms with Crippen molar-refractivity contribution < 1.29 is 9.53 Å². The van der Waals surface area contributed by atoms with E-state index in [1.807, 2.05) is 58.9 Å². The number of hydrogen-bond acceptors (Lipinski definition) is 4. The molecular weight excluding hydrogens is 340 g/mol. The zero-order valence-corrected chi connectivity index (χ0v) is 15.5. The van der Waals surface area contributed by atoms with E-state index in [9.17, 15) is 4.79 Å². The van der Waals surface area contributed by atoms with E-state index in [0.717, 1.165) is 30.8 Å². The molecule has 1 amide bonds. The Morgan fingerprint density at radius 3 is 2.63 bits per heavy atom. The predicted octanol–water partition coefficient (Wildman–Crippen LogP) is 2.69. The summed E-state index contributed by atoms with van der Waals surface area (Å²) in [6.45, 7) is 6.40. The van der Waals surface area contributed by atoms with Crippen LogP contribution in [0.15, 0.2) is 54.7 Å². The van der Waals surface area contributed by atoms with Crippen LogP contribution in [0.1, 0.15) is 23.0 Å². The molecule has 0 radical (unpaired) electrons. The number of pyridine rings is 1. The van der Waals surface area contributed by atoms with E-state index in [1.165, 1.54) is 0 Å². The number of fused-ring (bicyclic) bond motifs is 1. The second kappa shape index (κ2) is 7.80. The first kappa shape index (κ1) is 17.5. The highest BCUT2D eigenvalue weighted by molar-refractivity contribution is 5.97. The summed E-state index contributed by atoms with van der Waals surface area (Å²) in [5, 5.41) is 4.62. The number of hydrogen-bond donors (Lipinski definition) is 0. The first-order chi connectivity index (χ1) is 13.2. The largest absolute Gasteiger partial charge is 0.493 e. The summed E-state index contributed by atoms with van der Waals surface area (Å²) in [4.78, 5) is 17.2. The zero-order chi connectivity index (χ0) is 18.6. The van der Waals surface area contributed by atoms with E-state index in [4.69, 9.17) is 4.74 Å². The lowest BCUT2D eigenvalue weighted by atomic mass is 10.1. The molecule has 0 N–H and O–H groups in total. The molecule has 0 atom stereocenters. The van der Waals surface area contributed by atoms with Crippen molar-refractivity contribution in [3.8, 4) is 5.75 Å². The van der Waals surface area contributed by atoms with Crippen molar-refractivity contribution in [2.45, 2.75) is 13.5 Å². The van der Waals surface area contributed by atoms with Gasteiger partial charge in [-0.25, -0.2) is 4.52 Å². The molecule has 1 aliphatic rings. The SMILES string of the molecule is CCOc1ccccc1C(=O)N1CCN(Cc2cc3ccccn3n2)CC1. The Balaban J connectivity index is 1.38. The van der Waals surface area contributed by atoms with Crippen LogP contribution in [0, 0.1) is 0 Å². The van der Waals surface area contributed by atoms with Crippen molar-refractivity contribution in [3.05, 3.63) is 66.0 Å².